The van der Waals surface area contributed by atoms with E-state index in [-0.39, 0.29) is 11.4 Å². The maximum absolute atomic E-state index is 12.0. The number of nitrogens with one attached hydrogen (secondary N) is 1. The molecule has 0 saturated heterocycles. The van der Waals surface area contributed by atoms with Crippen LogP contribution in [-0.2, 0) is 9.53 Å². The Hall–Kier alpha value is -0.570. The monoisotopic (exact) mass is 223 g/mol. The van der Waals surface area contributed by atoms with Crippen molar-refractivity contribution in [3.05, 3.63) is 0 Å². The van der Waals surface area contributed by atoms with Gasteiger partial charge in [0.1, 0.15) is 0 Å². The number of esters is 1. The highest BCUT2D eigenvalue weighted by molar-refractivity contribution is 5.77. The smallest absolute Gasteiger partial charge is 0.311 e. The highest BCUT2D eigenvalue weighted by Crippen LogP contribution is 2.60. The van der Waals surface area contributed by atoms with Crippen molar-refractivity contribution in [3.63, 3.8) is 0 Å². The Balaban J connectivity index is 1.89. The molecule has 16 heavy (non-hydrogen) atoms. The second kappa shape index (κ2) is 3.46. The molecule has 0 aromatic heterocycles. The van der Waals surface area contributed by atoms with E-state index in [1.165, 1.54) is 20.0 Å². The van der Waals surface area contributed by atoms with E-state index in [0.717, 1.165) is 25.2 Å². The average Bonchev–Trinajstić information content (AvgIpc) is 2.27. The zero-order valence-electron chi connectivity index (χ0n) is 10.2. The van der Waals surface area contributed by atoms with Crippen LogP contribution in [-0.4, -0.2) is 26.2 Å². The molecule has 4 rings (SSSR count). The molecule has 3 heteroatoms. The molecule has 0 amide bonds. The molecule has 0 aliphatic heterocycles. The highest BCUT2D eigenvalue weighted by atomic mass is 16.5. The average molecular weight is 223 g/mol. The standard InChI is InChI=1S/C13H21NO2/c1-14-11-9-3-8-4-10(11)7-13(5-8,6-9)12(15)16-2/h8-11,14H,3-7H2,1-2H3. The molecule has 1 N–H and O–H groups in total. The maximum atomic E-state index is 12.0. The van der Waals surface area contributed by atoms with E-state index in [9.17, 15) is 4.79 Å². The molecule has 0 radical (unpaired) electrons. The lowest BCUT2D eigenvalue weighted by Crippen LogP contribution is -2.59. The molecule has 0 heterocycles. The molecule has 2 unspecified atom stereocenters. The van der Waals surface area contributed by atoms with Crippen LogP contribution in [0.2, 0.25) is 0 Å². The van der Waals surface area contributed by atoms with Gasteiger partial charge in [0.05, 0.1) is 12.5 Å². The van der Waals surface area contributed by atoms with Gasteiger partial charge in [-0.2, -0.15) is 0 Å². The van der Waals surface area contributed by atoms with Gasteiger partial charge in [-0.15, -0.1) is 0 Å². The summed E-state index contributed by atoms with van der Waals surface area (Å²) in [4.78, 5) is 12.0. The third kappa shape index (κ3) is 1.27. The Morgan fingerprint density at radius 2 is 1.88 bits per heavy atom. The van der Waals surface area contributed by atoms with Gasteiger partial charge in [0.25, 0.3) is 0 Å². The predicted octanol–water partition coefficient (Wildman–Crippen LogP) is 1.57. The van der Waals surface area contributed by atoms with Gasteiger partial charge in [0.2, 0.25) is 0 Å². The minimum absolute atomic E-state index is 0.0569. The van der Waals surface area contributed by atoms with E-state index in [0.29, 0.717) is 17.9 Å². The van der Waals surface area contributed by atoms with Gasteiger partial charge < -0.3 is 10.1 Å². The fraction of sp³-hybridized carbons (Fsp3) is 0.923. The van der Waals surface area contributed by atoms with Crippen LogP contribution in [0.15, 0.2) is 0 Å². The third-order valence-electron chi connectivity index (χ3n) is 5.22. The zero-order valence-corrected chi connectivity index (χ0v) is 10.2. The van der Waals surface area contributed by atoms with Crippen LogP contribution >= 0.6 is 0 Å². The molecule has 0 spiro atoms. The van der Waals surface area contributed by atoms with Gasteiger partial charge >= 0.3 is 5.97 Å². The van der Waals surface area contributed by atoms with Gasteiger partial charge in [-0.1, -0.05) is 0 Å². The van der Waals surface area contributed by atoms with Gasteiger partial charge in [0.15, 0.2) is 0 Å². The molecule has 4 fully saturated rings. The van der Waals surface area contributed by atoms with Gasteiger partial charge in [0, 0.05) is 6.04 Å². The summed E-state index contributed by atoms with van der Waals surface area (Å²) in [6.45, 7) is 0. The molecule has 90 valence electrons. The van der Waals surface area contributed by atoms with E-state index in [2.05, 4.69) is 12.4 Å². The highest BCUT2D eigenvalue weighted by Gasteiger charge is 2.58. The molecule has 2 atom stereocenters. The predicted molar refractivity (Wildman–Crippen MR) is 60.9 cm³/mol. The molecule has 4 aliphatic carbocycles. The molecular formula is C13H21NO2. The summed E-state index contributed by atoms with van der Waals surface area (Å²) in [5, 5.41) is 3.47. The van der Waals surface area contributed by atoms with Crippen molar-refractivity contribution in [2.45, 2.75) is 38.1 Å². The van der Waals surface area contributed by atoms with Crippen molar-refractivity contribution in [2.24, 2.45) is 23.2 Å². The van der Waals surface area contributed by atoms with Gasteiger partial charge in [-0.25, -0.2) is 0 Å². The van der Waals surface area contributed by atoms with Crippen molar-refractivity contribution in [2.75, 3.05) is 14.2 Å². The van der Waals surface area contributed by atoms with E-state index >= 15 is 0 Å². The van der Waals surface area contributed by atoms with E-state index in [1.54, 1.807) is 0 Å². The fourth-order valence-electron chi connectivity index (χ4n) is 4.96. The van der Waals surface area contributed by atoms with Gasteiger partial charge in [-0.3, -0.25) is 4.79 Å². The summed E-state index contributed by atoms with van der Waals surface area (Å²) in [5.41, 5.74) is -0.112. The van der Waals surface area contributed by atoms with Crippen LogP contribution < -0.4 is 5.32 Å². The first kappa shape index (κ1) is 10.6. The molecule has 4 aliphatic rings. The zero-order chi connectivity index (χ0) is 11.3. The fourth-order valence-corrected chi connectivity index (χ4v) is 4.96. The molecular weight excluding hydrogens is 202 g/mol. The van der Waals surface area contributed by atoms with Gasteiger partial charge in [-0.05, 0) is 56.9 Å². The summed E-state index contributed by atoms with van der Waals surface area (Å²) in [7, 11) is 3.61. The molecule has 3 nitrogen and oxygen atoms in total. The summed E-state index contributed by atoms with van der Waals surface area (Å²) < 4.78 is 5.04. The third-order valence-corrected chi connectivity index (χ3v) is 5.22. The second-order valence-electron chi connectivity index (χ2n) is 6.06. The van der Waals surface area contributed by atoms with Crippen LogP contribution in [0.4, 0.5) is 0 Å². The molecule has 4 saturated carbocycles. The van der Waals surface area contributed by atoms with Crippen molar-refractivity contribution in [3.8, 4) is 0 Å². The summed E-state index contributed by atoms with van der Waals surface area (Å²) in [6.07, 6.45) is 5.83. The minimum atomic E-state index is -0.112. The Morgan fingerprint density at radius 3 is 2.38 bits per heavy atom. The second-order valence-corrected chi connectivity index (χ2v) is 6.06. The number of carbonyl (C=O) groups is 1. The van der Waals surface area contributed by atoms with Crippen LogP contribution in [0.3, 0.4) is 0 Å². The lowest BCUT2D eigenvalue weighted by Gasteiger charge is -2.58. The van der Waals surface area contributed by atoms with Crippen LogP contribution in [0.25, 0.3) is 0 Å². The van der Waals surface area contributed by atoms with E-state index in [1.807, 2.05) is 0 Å². The number of carbonyl (C=O) groups excluding carboxylic acids is 1. The summed E-state index contributed by atoms with van der Waals surface area (Å²) >= 11 is 0. The topological polar surface area (TPSA) is 38.3 Å². The first-order valence-corrected chi connectivity index (χ1v) is 6.44. The normalized spacial score (nSPS) is 49.4. The lowest BCUT2D eigenvalue weighted by molar-refractivity contribution is -0.170. The summed E-state index contributed by atoms with van der Waals surface area (Å²) in [6, 6.07) is 0.648. The van der Waals surface area contributed by atoms with Crippen molar-refractivity contribution < 1.29 is 9.53 Å². The van der Waals surface area contributed by atoms with Crippen molar-refractivity contribution in [1.82, 2.24) is 5.32 Å². The Labute approximate surface area is 96.9 Å². The number of ether oxygens (including phenoxy) is 1. The van der Waals surface area contributed by atoms with E-state index < -0.39 is 0 Å². The number of hydrogen-bond donors (Lipinski definition) is 1. The number of rotatable bonds is 2. The van der Waals surface area contributed by atoms with Crippen LogP contribution in [0.1, 0.15) is 32.1 Å². The lowest BCUT2D eigenvalue weighted by atomic mass is 9.48. The molecule has 0 aromatic rings. The first-order valence-electron chi connectivity index (χ1n) is 6.44. The molecule has 4 bridgehead atoms. The van der Waals surface area contributed by atoms with Crippen molar-refractivity contribution >= 4 is 5.97 Å². The van der Waals surface area contributed by atoms with Crippen LogP contribution in [0.5, 0.6) is 0 Å². The molecule has 0 aromatic carbocycles. The largest absolute Gasteiger partial charge is 0.469 e. The number of hydrogen-bond acceptors (Lipinski definition) is 3. The van der Waals surface area contributed by atoms with Crippen molar-refractivity contribution in [1.29, 1.82) is 0 Å². The SMILES string of the molecule is CNC1C2CC3CC1CC(C(=O)OC)(C3)C2. The van der Waals surface area contributed by atoms with E-state index in [4.69, 9.17) is 4.74 Å². The van der Waals surface area contributed by atoms with Crippen LogP contribution in [0, 0.1) is 23.2 Å². The minimum Gasteiger partial charge on any atom is -0.469 e. The Kier molecular flexibility index (Phi) is 2.29. The Bertz CT molecular complexity index is 299. The summed E-state index contributed by atoms with van der Waals surface area (Å²) in [5.74, 6) is 2.24. The number of methoxy groups -OCH3 is 1. The first-order chi connectivity index (χ1) is 7.68. The maximum Gasteiger partial charge on any atom is 0.311 e. The Morgan fingerprint density at radius 1 is 1.25 bits per heavy atom. The quantitative estimate of drug-likeness (QED) is 0.722.